The third-order valence-electron chi connectivity index (χ3n) is 4.76. The molecule has 0 amide bonds. The van der Waals surface area contributed by atoms with Crippen LogP contribution in [-0.4, -0.2) is 57.6 Å². The highest BCUT2D eigenvalue weighted by molar-refractivity contribution is 7.89. The Balaban J connectivity index is 1.75. The standard InChI is InChI=1S/C17H24N2O5S/c1-3-23-17(20)16-11-12-10-14(4-5-15(12)24-16)25(21,22)19-8-6-13(18-2)7-9-19/h4-5,10,13,16,18H,3,6-9,11H2,1-2H3. The van der Waals surface area contributed by atoms with Gasteiger partial charge in [0.05, 0.1) is 11.5 Å². The minimum Gasteiger partial charge on any atom is -0.478 e. The van der Waals surface area contributed by atoms with E-state index < -0.39 is 22.1 Å². The predicted molar refractivity (Wildman–Crippen MR) is 92.0 cm³/mol. The summed E-state index contributed by atoms with van der Waals surface area (Å²) in [6, 6.07) is 5.16. The van der Waals surface area contributed by atoms with Gasteiger partial charge in [-0.05, 0) is 50.6 Å². The van der Waals surface area contributed by atoms with E-state index in [1.807, 2.05) is 7.05 Å². The second kappa shape index (κ2) is 7.31. The van der Waals surface area contributed by atoms with Gasteiger partial charge in [0.25, 0.3) is 0 Å². The summed E-state index contributed by atoms with van der Waals surface area (Å²) in [5.74, 6) is 0.128. The summed E-state index contributed by atoms with van der Waals surface area (Å²) in [6.45, 7) is 3.04. The number of piperidine rings is 1. The number of rotatable bonds is 5. The largest absolute Gasteiger partial charge is 0.478 e. The zero-order valence-electron chi connectivity index (χ0n) is 14.5. The van der Waals surface area contributed by atoms with Crippen molar-refractivity contribution >= 4 is 16.0 Å². The smallest absolute Gasteiger partial charge is 0.347 e. The van der Waals surface area contributed by atoms with Gasteiger partial charge in [0.15, 0.2) is 6.10 Å². The van der Waals surface area contributed by atoms with Gasteiger partial charge in [0.1, 0.15) is 5.75 Å². The van der Waals surface area contributed by atoms with E-state index in [1.165, 1.54) is 4.31 Å². The van der Waals surface area contributed by atoms with E-state index in [2.05, 4.69) is 5.32 Å². The molecule has 8 heteroatoms. The van der Waals surface area contributed by atoms with E-state index >= 15 is 0 Å². The molecule has 1 N–H and O–H groups in total. The number of benzene rings is 1. The molecule has 0 saturated carbocycles. The number of hydrogen-bond acceptors (Lipinski definition) is 6. The molecule has 7 nitrogen and oxygen atoms in total. The number of sulfonamides is 1. The number of nitrogens with zero attached hydrogens (tertiary/aromatic N) is 1. The van der Waals surface area contributed by atoms with Gasteiger partial charge in [-0.1, -0.05) is 0 Å². The van der Waals surface area contributed by atoms with Crippen LogP contribution >= 0.6 is 0 Å². The van der Waals surface area contributed by atoms with Crippen LogP contribution in [0.3, 0.4) is 0 Å². The van der Waals surface area contributed by atoms with Crippen LogP contribution in [-0.2, 0) is 26.0 Å². The van der Waals surface area contributed by atoms with Crippen molar-refractivity contribution in [2.24, 2.45) is 0 Å². The van der Waals surface area contributed by atoms with E-state index in [1.54, 1.807) is 25.1 Å². The van der Waals surface area contributed by atoms with Crippen LogP contribution in [0, 0.1) is 0 Å². The summed E-state index contributed by atoms with van der Waals surface area (Å²) in [4.78, 5) is 12.1. The topological polar surface area (TPSA) is 84.9 Å². The average molecular weight is 368 g/mol. The van der Waals surface area contributed by atoms with E-state index in [-0.39, 0.29) is 11.5 Å². The summed E-state index contributed by atoms with van der Waals surface area (Å²) in [6.07, 6.45) is 1.24. The fourth-order valence-corrected chi connectivity index (χ4v) is 4.81. The monoisotopic (exact) mass is 368 g/mol. The molecule has 1 aromatic carbocycles. The van der Waals surface area contributed by atoms with Crippen LogP contribution in [0.4, 0.5) is 0 Å². The second-order valence-corrected chi connectivity index (χ2v) is 8.24. The van der Waals surface area contributed by atoms with Gasteiger partial charge in [0.2, 0.25) is 10.0 Å². The normalized spacial score (nSPS) is 21.6. The van der Waals surface area contributed by atoms with Crippen LogP contribution in [0.5, 0.6) is 5.75 Å². The molecule has 0 bridgehead atoms. The van der Waals surface area contributed by atoms with Crippen molar-refractivity contribution in [2.75, 3.05) is 26.7 Å². The van der Waals surface area contributed by atoms with Crippen molar-refractivity contribution in [1.29, 1.82) is 0 Å². The number of fused-ring (bicyclic) bond motifs is 1. The number of hydrogen-bond donors (Lipinski definition) is 1. The SMILES string of the molecule is CCOC(=O)C1Cc2cc(S(=O)(=O)N3CCC(NC)CC3)ccc2O1. The summed E-state index contributed by atoms with van der Waals surface area (Å²) < 4.78 is 37.8. The third kappa shape index (κ3) is 3.65. The first-order chi connectivity index (χ1) is 12.0. The lowest BCUT2D eigenvalue weighted by Gasteiger charge is -2.31. The first kappa shape index (κ1) is 18.2. The zero-order chi connectivity index (χ0) is 18.0. The second-order valence-electron chi connectivity index (χ2n) is 6.30. The molecule has 0 aromatic heterocycles. The van der Waals surface area contributed by atoms with Crippen molar-refractivity contribution < 1.29 is 22.7 Å². The fraction of sp³-hybridized carbons (Fsp3) is 0.588. The average Bonchev–Trinajstić information content (AvgIpc) is 3.05. The Hall–Kier alpha value is -1.64. The fourth-order valence-electron chi connectivity index (χ4n) is 3.29. The molecule has 0 radical (unpaired) electrons. The quantitative estimate of drug-likeness (QED) is 0.778. The van der Waals surface area contributed by atoms with Gasteiger partial charge < -0.3 is 14.8 Å². The molecule has 2 aliphatic rings. The minimum atomic E-state index is -3.53. The molecule has 3 rings (SSSR count). The van der Waals surface area contributed by atoms with E-state index in [9.17, 15) is 13.2 Å². The zero-order valence-corrected chi connectivity index (χ0v) is 15.3. The Morgan fingerprint density at radius 3 is 2.72 bits per heavy atom. The Morgan fingerprint density at radius 1 is 1.36 bits per heavy atom. The van der Waals surface area contributed by atoms with Crippen LogP contribution in [0.15, 0.2) is 23.1 Å². The summed E-state index contributed by atoms with van der Waals surface area (Å²) in [5.41, 5.74) is 0.726. The summed E-state index contributed by atoms with van der Waals surface area (Å²) in [5, 5.41) is 3.19. The molecule has 2 aliphatic heterocycles. The lowest BCUT2D eigenvalue weighted by atomic mass is 10.1. The van der Waals surface area contributed by atoms with Crippen LogP contribution in [0.25, 0.3) is 0 Å². The maximum Gasteiger partial charge on any atom is 0.347 e. The molecule has 1 unspecified atom stereocenters. The van der Waals surface area contributed by atoms with Crippen LogP contribution in [0.2, 0.25) is 0 Å². The maximum absolute atomic E-state index is 12.9. The van der Waals surface area contributed by atoms with Crippen LogP contribution in [0.1, 0.15) is 25.3 Å². The van der Waals surface area contributed by atoms with Crippen molar-refractivity contribution in [3.8, 4) is 5.75 Å². The minimum absolute atomic E-state index is 0.252. The van der Waals surface area contributed by atoms with Gasteiger partial charge in [0, 0.05) is 25.6 Å². The highest BCUT2D eigenvalue weighted by Crippen LogP contribution is 2.32. The molecule has 1 atom stereocenters. The Labute approximate surface area is 148 Å². The van der Waals surface area contributed by atoms with Crippen molar-refractivity contribution in [3.05, 3.63) is 23.8 Å². The van der Waals surface area contributed by atoms with E-state index in [0.29, 0.717) is 31.3 Å². The molecular formula is C17H24N2O5S. The van der Waals surface area contributed by atoms with Gasteiger partial charge in [-0.25, -0.2) is 13.2 Å². The highest BCUT2D eigenvalue weighted by atomic mass is 32.2. The number of ether oxygens (including phenoxy) is 2. The number of nitrogens with one attached hydrogen (secondary N) is 1. The van der Waals surface area contributed by atoms with Gasteiger partial charge in [-0.2, -0.15) is 4.31 Å². The molecule has 1 aromatic rings. The van der Waals surface area contributed by atoms with Gasteiger partial charge >= 0.3 is 5.97 Å². The van der Waals surface area contributed by atoms with Crippen LogP contribution < -0.4 is 10.1 Å². The molecule has 1 fully saturated rings. The van der Waals surface area contributed by atoms with E-state index in [4.69, 9.17) is 9.47 Å². The molecule has 1 saturated heterocycles. The first-order valence-corrected chi connectivity index (χ1v) is 10.0. The number of carbonyl (C=O) groups excluding carboxylic acids is 1. The molecular weight excluding hydrogens is 344 g/mol. The first-order valence-electron chi connectivity index (χ1n) is 8.59. The Kier molecular flexibility index (Phi) is 5.31. The predicted octanol–water partition coefficient (Wildman–Crippen LogP) is 0.926. The molecule has 138 valence electrons. The summed E-state index contributed by atoms with van der Waals surface area (Å²) in [7, 11) is -1.63. The van der Waals surface area contributed by atoms with Crippen molar-refractivity contribution in [1.82, 2.24) is 9.62 Å². The van der Waals surface area contributed by atoms with Gasteiger partial charge in [-0.15, -0.1) is 0 Å². The maximum atomic E-state index is 12.9. The summed E-state index contributed by atoms with van der Waals surface area (Å²) >= 11 is 0. The van der Waals surface area contributed by atoms with Gasteiger partial charge in [-0.3, -0.25) is 0 Å². The molecule has 25 heavy (non-hydrogen) atoms. The Morgan fingerprint density at radius 2 is 2.08 bits per heavy atom. The highest BCUT2D eigenvalue weighted by Gasteiger charge is 2.33. The number of carbonyl (C=O) groups is 1. The molecule has 2 heterocycles. The lowest BCUT2D eigenvalue weighted by Crippen LogP contribution is -2.43. The third-order valence-corrected chi connectivity index (χ3v) is 6.65. The van der Waals surface area contributed by atoms with E-state index in [0.717, 1.165) is 18.4 Å². The number of esters is 1. The van der Waals surface area contributed by atoms with Crippen molar-refractivity contribution in [3.63, 3.8) is 0 Å². The van der Waals surface area contributed by atoms with Crippen molar-refractivity contribution in [2.45, 2.75) is 43.2 Å². The lowest BCUT2D eigenvalue weighted by molar-refractivity contribution is -0.150. The Bertz CT molecular complexity index is 741. The molecule has 0 aliphatic carbocycles. The molecule has 0 spiro atoms.